The smallest absolute Gasteiger partial charge is 0.410 e. The number of hydrogen-bond donors (Lipinski definition) is 4. The second kappa shape index (κ2) is 22.2. The first-order valence-electron chi connectivity index (χ1n) is 24.2. The molecular weight excluding hydrogens is 900 g/mol. The summed E-state index contributed by atoms with van der Waals surface area (Å²) < 4.78 is 24.4. The summed E-state index contributed by atoms with van der Waals surface area (Å²) in [5.41, 5.74) is 2.94. The fourth-order valence-corrected chi connectivity index (χ4v) is 10.5. The number of aromatic nitrogens is 1. The second-order valence-corrected chi connectivity index (χ2v) is 26.3. The fraction of sp³-hybridized carbons (Fsp3) is 0.547. The third-order valence-corrected chi connectivity index (χ3v) is 18.7. The standard InChI is InChI=1S/C53H73ClN4O9Si/c1-51(2,3)66-50(63)58-27-23-36(24-28-58)34-65-49(62)53(25-11-10-12-26-53)38-17-13-15-35(29-38)16-14-18-46(60)56-42-31-44(64-7)37(30-41(42)54)32-55-33-45(67-68(8,9)52(4,5)6)39-19-21-43(59)48-40(39)20-22-47(61)57-48/h13,15,17,19-22,29-31,36,45,55,59H,10-12,14,16,18,23-28,32-34H2,1-9H3,(H,56,60)(H,57,61)/t45-/m0/s1. The molecule has 1 atom stereocenters. The highest BCUT2D eigenvalue weighted by atomic mass is 35.5. The summed E-state index contributed by atoms with van der Waals surface area (Å²) in [6.45, 7) is 18.8. The molecule has 1 saturated carbocycles. The third kappa shape index (κ3) is 13.2. The molecule has 0 spiro atoms. The number of phenols is 1. The number of H-pyrrole nitrogens is 1. The van der Waals surface area contributed by atoms with E-state index in [2.05, 4.69) is 55.5 Å². The van der Waals surface area contributed by atoms with Crippen molar-refractivity contribution in [2.45, 2.75) is 148 Å². The van der Waals surface area contributed by atoms with E-state index in [9.17, 15) is 24.3 Å². The number of fused-ring (bicyclic) bond motifs is 1. The van der Waals surface area contributed by atoms with Gasteiger partial charge in [0.15, 0.2) is 8.32 Å². The van der Waals surface area contributed by atoms with Gasteiger partial charge in [-0.1, -0.05) is 82.0 Å². The van der Waals surface area contributed by atoms with E-state index in [1.165, 1.54) is 6.07 Å². The van der Waals surface area contributed by atoms with E-state index < -0.39 is 25.4 Å². The van der Waals surface area contributed by atoms with Crippen LogP contribution in [0.4, 0.5) is 10.5 Å². The van der Waals surface area contributed by atoms with Crippen molar-refractivity contribution in [2.75, 3.05) is 38.7 Å². The highest BCUT2D eigenvalue weighted by molar-refractivity contribution is 6.74. The molecule has 2 amide bonds. The SMILES string of the molecule is COc1cc(NC(=O)CCCc2cccc(C3(C(=O)OCC4CCN(C(=O)OC(C)(C)C)CC4)CCCCC3)c2)c(Cl)cc1CNC[C@H](O[Si](C)(C)C(C)(C)C)c1ccc(O)c2[nH]c(=O)ccc12. The van der Waals surface area contributed by atoms with Gasteiger partial charge in [0.1, 0.15) is 17.1 Å². The number of aryl methyl sites for hydroxylation is 1. The summed E-state index contributed by atoms with van der Waals surface area (Å²) in [6.07, 6.45) is 6.79. The van der Waals surface area contributed by atoms with Gasteiger partial charge >= 0.3 is 12.1 Å². The second-order valence-electron chi connectivity index (χ2n) is 21.2. The maximum atomic E-state index is 14.0. The number of halogens is 1. The van der Waals surface area contributed by atoms with E-state index in [-0.39, 0.29) is 46.7 Å². The minimum atomic E-state index is -2.29. The number of ether oxygens (including phenoxy) is 3. The van der Waals surface area contributed by atoms with E-state index in [4.69, 9.17) is 30.2 Å². The monoisotopic (exact) mass is 972 g/mol. The van der Waals surface area contributed by atoms with Gasteiger partial charge in [0.25, 0.3) is 0 Å². The van der Waals surface area contributed by atoms with E-state index in [0.717, 1.165) is 67.2 Å². The van der Waals surface area contributed by atoms with E-state index in [1.807, 2.05) is 45.0 Å². The zero-order chi connectivity index (χ0) is 49.4. The Morgan fingerprint density at radius 3 is 2.37 bits per heavy atom. The van der Waals surface area contributed by atoms with Crippen LogP contribution in [-0.2, 0) is 41.9 Å². The maximum absolute atomic E-state index is 14.0. The predicted molar refractivity (Wildman–Crippen MR) is 271 cm³/mol. The average molecular weight is 974 g/mol. The molecule has 4 N–H and O–H groups in total. The lowest BCUT2D eigenvalue weighted by Crippen LogP contribution is -2.43. The third-order valence-electron chi connectivity index (χ3n) is 13.9. The Morgan fingerprint density at radius 2 is 1.69 bits per heavy atom. The van der Waals surface area contributed by atoms with Crippen molar-refractivity contribution in [2.24, 2.45) is 5.92 Å². The molecule has 0 radical (unpaired) electrons. The van der Waals surface area contributed by atoms with Gasteiger partial charge in [-0.05, 0) is 118 Å². The zero-order valence-electron chi connectivity index (χ0n) is 41.6. The van der Waals surface area contributed by atoms with Crippen molar-refractivity contribution in [3.63, 3.8) is 0 Å². The number of aromatic hydroxyl groups is 1. The van der Waals surface area contributed by atoms with Gasteiger partial charge in [-0.2, -0.15) is 0 Å². The van der Waals surface area contributed by atoms with Crippen molar-refractivity contribution in [1.82, 2.24) is 15.2 Å². The van der Waals surface area contributed by atoms with Crippen molar-refractivity contribution in [3.8, 4) is 11.5 Å². The fourth-order valence-electron chi connectivity index (χ4n) is 9.04. The highest BCUT2D eigenvalue weighted by Gasteiger charge is 2.43. The van der Waals surface area contributed by atoms with E-state index in [0.29, 0.717) is 73.0 Å². The molecule has 4 aromatic rings. The molecule has 6 rings (SSSR count). The predicted octanol–water partition coefficient (Wildman–Crippen LogP) is 11.1. The number of aromatic amines is 1. The number of methoxy groups -OCH3 is 1. The number of benzene rings is 3. The van der Waals surface area contributed by atoms with E-state index >= 15 is 0 Å². The summed E-state index contributed by atoms with van der Waals surface area (Å²) in [6, 6.07) is 18.3. The van der Waals surface area contributed by atoms with Crippen LogP contribution in [0.5, 0.6) is 11.5 Å². The Morgan fingerprint density at radius 1 is 0.971 bits per heavy atom. The summed E-state index contributed by atoms with van der Waals surface area (Å²) >= 11 is 6.81. The number of rotatable bonds is 17. The van der Waals surface area contributed by atoms with Crippen LogP contribution in [0.2, 0.25) is 23.2 Å². The lowest BCUT2D eigenvalue weighted by atomic mass is 9.69. The van der Waals surface area contributed by atoms with Gasteiger partial charge in [-0.25, -0.2) is 4.79 Å². The number of amides is 2. The van der Waals surface area contributed by atoms with Gasteiger partial charge in [0.05, 0.1) is 41.5 Å². The first-order chi connectivity index (χ1) is 32.1. The maximum Gasteiger partial charge on any atom is 0.410 e. The highest BCUT2D eigenvalue weighted by Crippen LogP contribution is 2.43. The quantitative estimate of drug-likeness (QED) is 0.0590. The normalized spacial score (nSPS) is 16.3. The molecule has 0 bridgehead atoms. The number of likely N-dealkylation sites (tertiary alicyclic amines) is 1. The number of nitrogens with one attached hydrogen (secondary N) is 3. The van der Waals surface area contributed by atoms with Crippen LogP contribution in [0.15, 0.2) is 65.5 Å². The Labute approximate surface area is 408 Å². The molecule has 1 aliphatic heterocycles. The van der Waals surface area contributed by atoms with Crippen LogP contribution in [0.3, 0.4) is 0 Å². The van der Waals surface area contributed by atoms with Crippen LogP contribution in [0.1, 0.15) is 128 Å². The number of piperidine rings is 1. The van der Waals surface area contributed by atoms with Crippen LogP contribution in [-0.4, -0.2) is 80.2 Å². The number of phenolic OH excluding ortho intramolecular Hbond substituents is 1. The number of pyridine rings is 1. The van der Waals surface area contributed by atoms with Gasteiger partial charge in [0, 0.05) is 55.7 Å². The molecule has 2 fully saturated rings. The molecule has 13 nitrogen and oxygen atoms in total. The summed E-state index contributed by atoms with van der Waals surface area (Å²) in [7, 11) is -0.714. The number of nitrogens with zero attached hydrogens (tertiary/aromatic N) is 1. The van der Waals surface area contributed by atoms with Crippen LogP contribution < -0.4 is 20.9 Å². The lowest BCUT2D eigenvalue weighted by molar-refractivity contribution is -0.154. The molecule has 1 aromatic heterocycles. The van der Waals surface area contributed by atoms with Gasteiger partial charge in [-0.15, -0.1) is 0 Å². The van der Waals surface area contributed by atoms with Gasteiger partial charge in [0.2, 0.25) is 11.5 Å². The molecule has 15 heteroatoms. The molecule has 68 heavy (non-hydrogen) atoms. The van der Waals surface area contributed by atoms with Crippen molar-refractivity contribution in [1.29, 1.82) is 0 Å². The first-order valence-corrected chi connectivity index (χ1v) is 27.5. The molecule has 3 aromatic carbocycles. The van der Waals surface area contributed by atoms with Crippen molar-refractivity contribution < 1.29 is 38.1 Å². The average Bonchev–Trinajstić information content (AvgIpc) is 3.28. The molecular formula is C53H73ClN4O9Si. The van der Waals surface area contributed by atoms with Gasteiger partial charge < -0.3 is 44.3 Å². The molecule has 2 heterocycles. The zero-order valence-corrected chi connectivity index (χ0v) is 43.3. The minimum absolute atomic E-state index is 0.00969. The number of carbonyl (C=O) groups excluding carboxylic acids is 3. The Hall–Kier alpha value is -4.89. The van der Waals surface area contributed by atoms with E-state index in [1.54, 1.807) is 36.3 Å². The van der Waals surface area contributed by atoms with Crippen LogP contribution in [0, 0.1) is 5.92 Å². The summed E-state index contributed by atoms with van der Waals surface area (Å²) in [5, 5.41) is 18.1. The minimum Gasteiger partial charge on any atom is -0.506 e. The Bertz CT molecular complexity index is 2460. The van der Waals surface area contributed by atoms with Gasteiger partial charge in [-0.3, -0.25) is 14.4 Å². The van der Waals surface area contributed by atoms with Crippen LogP contribution in [0.25, 0.3) is 10.9 Å². The first kappa shape index (κ1) is 52.5. The number of esters is 1. The molecule has 370 valence electrons. The summed E-state index contributed by atoms with van der Waals surface area (Å²) in [4.78, 5) is 56.6. The molecule has 0 unspecified atom stereocenters. The number of hydrogen-bond acceptors (Lipinski definition) is 10. The Kier molecular flexibility index (Phi) is 17.2. The topological polar surface area (TPSA) is 169 Å². The van der Waals surface area contributed by atoms with Crippen molar-refractivity contribution in [3.05, 3.63) is 98.3 Å². The number of anilines is 1. The molecule has 1 aliphatic carbocycles. The number of carbonyl (C=O) groups is 3. The lowest BCUT2D eigenvalue weighted by Gasteiger charge is -2.39. The summed E-state index contributed by atoms with van der Waals surface area (Å²) in [5.74, 6) is 0.397. The van der Waals surface area contributed by atoms with Crippen LogP contribution >= 0.6 is 11.6 Å². The van der Waals surface area contributed by atoms with Crippen molar-refractivity contribution >= 4 is 54.5 Å². The Balaban J connectivity index is 1.04. The molecule has 1 saturated heterocycles. The molecule has 2 aliphatic rings. The largest absolute Gasteiger partial charge is 0.506 e.